The van der Waals surface area contributed by atoms with E-state index in [4.69, 9.17) is 4.74 Å². The Labute approximate surface area is 197 Å². The SMILES string of the molecule is O=C(COCc1ccccc1)NC(c1ccc(F)cc1)C(O)(c1cccnc1)c1cccnc1. The molecule has 7 heteroatoms. The molecule has 0 aliphatic carbocycles. The maximum Gasteiger partial charge on any atom is 0.246 e. The molecule has 2 aromatic carbocycles. The lowest BCUT2D eigenvalue weighted by Gasteiger charge is -2.37. The second kappa shape index (κ2) is 10.8. The number of rotatable bonds is 9. The van der Waals surface area contributed by atoms with E-state index in [9.17, 15) is 14.3 Å². The third-order valence-electron chi connectivity index (χ3n) is 5.47. The van der Waals surface area contributed by atoms with E-state index in [0.717, 1.165) is 5.56 Å². The summed E-state index contributed by atoms with van der Waals surface area (Å²) in [5.74, 6) is -0.859. The maximum absolute atomic E-state index is 13.7. The molecule has 0 aliphatic heterocycles. The van der Waals surface area contributed by atoms with Crippen LogP contribution in [0.5, 0.6) is 0 Å². The smallest absolute Gasteiger partial charge is 0.246 e. The molecular formula is C27H24FN3O3. The predicted octanol–water partition coefficient (Wildman–Crippen LogP) is 3.93. The number of pyridine rings is 2. The Balaban J connectivity index is 1.66. The summed E-state index contributed by atoms with van der Waals surface area (Å²) in [6.45, 7) is 0.0493. The quantitative estimate of drug-likeness (QED) is 0.398. The monoisotopic (exact) mass is 457 g/mol. The molecule has 2 N–H and O–H groups in total. The van der Waals surface area contributed by atoms with Crippen LogP contribution in [0.1, 0.15) is 28.3 Å². The van der Waals surface area contributed by atoms with Gasteiger partial charge >= 0.3 is 0 Å². The highest BCUT2D eigenvalue weighted by Crippen LogP contribution is 2.40. The molecule has 4 rings (SSSR count). The van der Waals surface area contributed by atoms with Crippen molar-refractivity contribution in [1.82, 2.24) is 15.3 Å². The molecule has 1 atom stereocenters. The van der Waals surface area contributed by atoms with Gasteiger partial charge in [-0.05, 0) is 35.4 Å². The Kier molecular flexibility index (Phi) is 7.37. The molecule has 0 aliphatic rings. The number of carbonyl (C=O) groups is 1. The number of hydrogen-bond acceptors (Lipinski definition) is 5. The van der Waals surface area contributed by atoms with Crippen molar-refractivity contribution in [3.63, 3.8) is 0 Å². The van der Waals surface area contributed by atoms with Gasteiger partial charge in [-0.25, -0.2) is 4.39 Å². The van der Waals surface area contributed by atoms with Crippen molar-refractivity contribution < 1.29 is 19.0 Å². The number of benzene rings is 2. The van der Waals surface area contributed by atoms with Crippen LogP contribution in [0.2, 0.25) is 0 Å². The van der Waals surface area contributed by atoms with Crippen molar-refractivity contribution in [1.29, 1.82) is 0 Å². The van der Waals surface area contributed by atoms with Crippen molar-refractivity contribution in [3.05, 3.63) is 132 Å². The fourth-order valence-electron chi connectivity index (χ4n) is 3.80. The number of hydrogen-bond donors (Lipinski definition) is 2. The minimum absolute atomic E-state index is 0.219. The maximum atomic E-state index is 13.7. The van der Waals surface area contributed by atoms with Crippen LogP contribution < -0.4 is 5.32 Å². The second-order valence-corrected chi connectivity index (χ2v) is 7.78. The van der Waals surface area contributed by atoms with Crippen LogP contribution in [0, 0.1) is 5.82 Å². The van der Waals surface area contributed by atoms with Gasteiger partial charge in [0.1, 0.15) is 18.0 Å². The molecule has 172 valence electrons. The molecule has 0 radical (unpaired) electrons. The molecule has 6 nitrogen and oxygen atoms in total. The zero-order valence-electron chi connectivity index (χ0n) is 18.3. The average Bonchev–Trinajstić information content (AvgIpc) is 2.89. The predicted molar refractivity (Wildman–Crippen MR) is 125 cm³/mol. The number of nitrogens with zero attached hydrogens (tertiary/aromatic N) is 2. The summed E-state index contributed by atoms with van der Waals surface area (Å²) >= 11 is 0. The highest BCUT2D eigenvalue weighted by atomic mass is 19.1. The van der Waals surface area contributed by atoms with Gasteiger partial charge in [-0.15, -0.1) is 0 Å². The van der Waals surface area contributed by atoms with Crippen LogP contribution in [-0.4, -0.2) is 27.6 Å². The van der Waals surface area contributed by atoms with Crippen molar-refractivity contribution in [3.8, 4) is 0 Å². The number of carbonyl (C=O) groups excluding carboxylic acids is 1. The van der Waals surface area contributed by atoms with E-state index in [0.29, 0.717) is 16.7 Å². The van der Waals surface area contributed by atoms with Crippen LogP contribution >= 0.6 is 0 Å². The summed E-state index contributed by atoms with van der Waals surface area (Å²) in [5, 5.41) is 15.0. The average molecular weight is 458 g/mol. The molecule has 34 heavy (non-hydrogen) atoms. The van der Waals surface area contributed by atoms with Crippen molar-refractivity contribution in [2.75, 3.05) is 6.61 Å². The lowest BCUT2D eigenvalue weighted by Crippen LogP contribution is -2.46. The first-order valence-electron chi connectivity index (χ1n) is 10.8. The molecular weight excluding hydrogens is 433 g/mol. The first-order chi connectivity index (χ1) is 16.6. The minimum atomic E-state index is -1.74. The van der Waals surface area contributed by atoms with Crippen LogP contribution in [-0.2, 0) is 21.7 Å². The van der Waals surface area contributed by atoms with Crippen molar-refractivity contribution >= 4 is 5.91 Å². The zero-order chi connectivity index (χ0) is 23.8. The summed E-state index contributed by atoms with van der Waals surface area (Å²) in [4.78, 5) is 21.2. The molecule has 2 aromatic heterocycles. The highest BCUT2D eigenvalue weighted by Gasteiger charge is 2.42. The van der Waals surface area contributed by atoms with E-state index >= 15 is 0 Å². The van der Waals surface area contributed by atoms with Gasteiger partial charge in [-0.2, -0.15) is 0 Å². The Morgan fingerprint density at radius 2 is 1.53 bits per heavy atom. The number of aromatic nitrogens is 2. The molecule has 0 spiro atoms. The Morgan fingerprint density at radius 1 is 0.912 bits per heavy atom. The molecule has 4 aromatic rings. The van der Waals surface area contributed by atoms with Crippen LogP contribution in [0.25, 0.3) is 0 Å². The van der Waals surface area contributed by atoms with Gasteiger partial charge in [0.25, 0.3) is 0 Å². The largest absolute Gasteiger partial charge is 0.378 e. The van der Waals surface area contributed by atoms with E-state index in [1.807, 2.05) is 30.3 Å². The van der Waals surface area contributed by atoms with Gasteiger partial charge < -0.3 is 15.2 Å². The van der Waals surface area contributed by atoms with Gasteiger partial charge in [0.15, 0.2) is 0 Å². The minimum Gasteiger partial charge on any atom is -0.378 e. The molecule has 2 heterocycles. The lowest BCUT2D eigenvalue weighted by molar-refractivity contribution is -0.128. The van der Waals surface area contributed by atoms with Crippen molar-refractivity contribution in [2.24, 2.45) is 0 Å². The first-order valence-corrected chi connectivity index (χ1v) is 10.8. The van der Waals surface area contributed by atoms with Gasteiger partial charge in [0, 0.05) is 35.9 Å². The van der Waals surface area contributed by atoms with Crippen LogP contribution in [0.3, 0.4) is 0 Å². The number of aliphatic hydroxyl groups is 1. The summed E-state index contributed by atoms with van der Waals surface area (Å²) < 4.78 is 19.3. The molecule has 1 amide bonds. The number of amides is 1. The van der Waals surface area contributed by atoms with E-state index in [-0.39, 0.29) is 13.2 Å². The third-order valence-corrected chi connectivity index (χ3v) is 5.47. The second-order valence-electron chi connectivity index (χ2n) is 7.78. The Morgan fingerprint density at radius 3 is 2.09 bits per heavy atom. The summed E-state index contributed by atoms with van der Waals surface area (Å²) in [5.41, 5.74) is 0.599. The Bertz CT molecular complexity index is 1150. The first kappa shape index (κ1) is 23.2. The fraction of sp³-hybridized carbons (Fsp3) is 0.148. The lowest BCUT2D eigenvalue weighted by atomic mass is 9.78. The molecule has 0 fully saturated rings. The van der Waals surface area contributed by atoms with E-state index in [2.05, 4.69) is 15.3 Å². The van der Waals surface area contributed by atoms with Gasteiger partial charge in [0.2, 0.25) is 5.91 Å². The Hall–Kier alpha value is -3.94. The topological polar surface area (TPSA) is 84.3 Å². The third kappa shape index (κ3) is 5.33. The van der Waals surface area contributed by atoms with Crippen molar-refractivity contribution in [2.45, 2.75) is 18.2 Å². The van der Waals surface area contributed by atoms with E-state index in [1.165, 1.54) is 36.7 Å². The molecule has 0 saturated heterocycles. The van der Waals surface area contributed by atoms with E-state index in [1.54, 1.807) is 36.7 Å². The molecule has 1 unspecified atom stereocenters. The number of ether oxygens (including phenoxy) is 1. The van der Waals surface area contributed by atoms with Gasteiger partial charge in [-0.3, -0.25) is 14.8 Å². The highest BCUT2D eigenvalue weighted by molar-refractivity contribution is 5.78. The van der Waals surface area contributed by atoms with Crippen LogP contribution in [0.4, 0.5) is 4.39 Å². The fourth-order valence-corrected chi connectivity index (χ4v) is 3.80. The number of halogens is 1. The standard InChI is InChI=1S/C27H24FN3O3/c28-24-12-10-21(11-13-24)26(31-25(32)19-34-18-20-6-2-1-3-7-20)27(33,22-8-4-14-29-16-22)23-9-5-15-30-17-23/h1-17,26,33H,18-19H2,(H,31,32). The summed E-state index contributed by atoms with van der Waals surface area (Å²) in [6.07, 6.45) is 6.25. The van der Waals surface area contributed by atoms with Crippen LogP contribution in [0.15, 0.2) is 104 Å². The summed E-state index contributed by atoms with van der Waals surface area (Å²) in [7, 11) is 0. The van der Waals surface area contributed by atoms with Gasteiger partial charge in [0.05, 0.1) is 12.6 Å². The van der Waals surface area contributed by atoms with E-state index < -0.39 is 23.4 Å². The van der Waals surface area contributed by atoms with Gasteiger partial charge in [-0.1, -0.05) is 54.6 Å². The number of nitrogens with one attached hydrogen (secondary N) is 1. The normalized spacial score (nSPS) is 12.2. The molecule has 0 bridgehead atoms. The summed E-state index contributed by atoms with van der Waals surface area (Å²) in [6, 6.07) is 21.0. The molecule has 0 saturated carbocycles. The zero-order valence-corrected chi connectivity index (χ0v) is 18.3.